The molecular formula is C25H23N3O4. The number of nitrogens with two attached hydrogens (primary N) is 1. The Balaban J connectivity index is 1.99. The Labute approximate surface area is 186 Å². The maximum atomic E-state index is 14.2. The normalized spacial score (nSPS) is 19.8. The summed E-state index contributed by atoms with van der Waals surface area (Å²) in [4.78, 5) is 29.0. The van der Waals surface area contributed by atoms with Gasteiger partial charge in [0.05, 0.1) is 12.6 Å². The minimum atomic E-state index is -1.74. The number of nitrogens with zero attached hydrogens (tertiary/aromatic N) is 2. The molecule has 2 N–H and O–H groups in total. The zero-order valence-corrected chi connectivity index (χ0v) is 18.1. The summed E-state index contributed by atoms with van der Waals surface area (Å²) in [5, 5.41) is 10.1. The monoisotopic (exact) mass is 429 g/mol. The molecule has 2 aliphatic heterocycles. The number of benzene rings is 2. The van der Waals surface area contributed by atoms with Crippen LogP contribution in [0.1, 0.15) is 31.9 Å². The van der Waals surface area contributed by atoms with Gasteiger partial charge in [0.25, 0.3) is 0 Å². The van der Waals surface area contributed by atoms with Gasteiger partial charge in [0.2, 0.25) is 11.8 Å². The first kappa shape index (κ1) is 21.2. The molecule has 4 rings (SSSR count). The van der Waals surface area contributed by atoms with Crippen LogP contribution in [0.4, 0.5) is 5.69 Å². The maximum absolute atomic E-state index is 14.2. The Morgan fingerprint density at radius 1 is 1.19 bits per heavy atom. The van der Waals surface area contributed by atoms with Crippen molar-refractivity contribution in [2.75, 3.05) is 4.90 Å². The van der Waals surface area contributed by atoms with Gasteiger partial charge in [-0.15, -0.1) is 0 Å². The summed E-state index contributed by atoms with van der Waals surface area (Å²) >= 11 is 0. The van der Waals surface area contributed by atoms with Gasteiger partial charge in [0, 0.05) is 11.3 Å². The molecule has 0 aliphatic carbocycles. The molecule has 32 heavy (non-hydrogen) atoms. The highest BCUT2D eigenvalue weighted by Crippen LogP contribution is 2.54. The van der Waals surface area contributed by atoms with Crippen LogP contribution in [0, 0.1) is 11.3 Å². The van der Waals surface area contributed by atoms with Crippen LogP contribution in [0.25, 0.3) is 0 Å². The molecule has 162 valence electrons. The smallest absolute Gasteiger partial charge is 0.339 e. The Kier molecular flexibility index (Phi) is 5.23. The molecule has 0 bridgehead atoms. The molecule has 0 saturated heterocycles. The van der Waals surface area contributed by atoms with Gasteiger partial charge < -0.3 is 20.1 Å². The second kappa shape index (κ2) is 7.89. The minimum absolute atomic E-state index is 0.0232. The predicted octanol–water partition coefficient (Wildman–Crippen LogP) is 3.42. The van der Waals surface area contributed by atoms with E-state index in [1.165, 1.54) is 0 Å². The van der Waals surface area contributed by atoms with Gasteiger partial charge in [-0.05, 0) is 32.4 Å². The van der Waals surface area contributed by atoms with Gasteiger partial charge in [0.1, 0.15) is 23.0 Å². The first-order chi connectivity index (χ1) is 15.3. The van der Waals surface area contributed by atoms with Crippen molar-refractivity contribution < 1.29 is 19.1 Å². The van der Waals surface area contributed by atoms with Crippen molar-refractivity contribution in [1.82, 2.24) is 0 Å². The lowest BCUT2D eigenvalue weighted by Crippen LogP contribution is -2.48. The number of carbonyl (C=O) groups excluding carboxylic acids is 2. The largest absolute Gasteiger partial charge is 0.459 e. The lowest BCUT2D eigenvalue weighted by atomic mass is 9.68. The van der Waals surface area contributed by atoms with Crippen LogP contribution in [-0.4, -0.2) is 18.0 Å². The fourth-order valence-corrected chi connectivity index (χ4v) is 4.41. The third kappa shape index (κ3) is 3.04. The lowest BCUT2D eigenvalue weighted by molar-refractivity contribution is -0.144. The van der Waals surface area contributed by atoms with Crippen molar-refractivity contribution >= 4 is 17.6 Å². The molecular weight excluding hydrogens is 406 g/mol. The number of ether oxygens (including phenoxy) is 2. The SMILES string of the molecule is CC1=C(C(=O)OC(C)C)[C@@]2(C(=O)N(Cc3ccccc3)c3ccccc32)C(C#N)=C(N)O1. The van der Waals surface area contributed by atoms with Gasteiger partial charge in [-0.2, -0.15) is 5.26 Å². The van der Waals surface area contributed by atoms with E-state index in [9.17, 15) is 14.9 Å². The van der Waals surface area contributed by atoms with E-state index in [0.29, 0.717) is 11.3 Å². The number of nitriles is 1. The number of carbonyl (C=O) groups is 2. The Morgan fingerprint density at radius 3 is 2.50 bits per heavy atom. The number of fused-ring (bicyclic) bond motifs is 2. The first-order valence-corrected chi connectivity index (χ1v) is 10.3. The van der Waals surface area contributed by atoms with E-state index in [4.69, 9.17) is 15.2 Å². The third-order valence-electron chi connectivity index (χ3n) is 5.62. The fourth-order valence-electron chi connectivity index (χ4n) is 4.41. The number of allylic oxidation sites excluding steroid dienone is 1. The summed E-state index contributed by atoms with van der Waals surface area (Å²) in [6.45, 7) is 5.25. The molecule has 0 saturated carbocycles. The highest BCUT2D eigenvalue weighted by Gasteiger charge is 2.62. The van der Waals surface area contributed by atoms with Crippen LogP contribution in [0.15, 0.2) is 77.4 Å². The van der Waals surface area contributed by atoms with E-state index in [-0.39, 0.29) is 29.3 Å². The van der Waals surface area contributed by atoms with E-state index in [1.54, 1.807) is 43.9 Å². The molecule has 1 atom stereocenters. The number of amides is 1. The first-order valence-electron chi connectivity index (χ1n) is 10.3. The van der Waals surface area contributed by atoms with Gasteiger partial charge >= 0.3 is 5.97 Å². The van der Waals surface area contributed by atoms with Gasteiger partial charge in [-0.3, -0.25) is 4.79 Å². The topological polar surface area (TPSA) is 106 Å². The van der Waals surface area contributed by atoms with Crippen LogP contribution in [-0.2, 0) is 31.0 Å². The molecule has 2 aromatic carbocycles. The second-order valence-electron chi connectivity index (χ2n) is 7.98. The molecule has 0 fully saturated rings. The van der Waals surface area contributed by atoms with E-state index in [2.05, 4.69) is 0 Å². The summed E-state index contributed by atoms with van der Waals surface area (Å²) < 4.78 is 11.0. The zero-order valence-electron chi connectivity index (χ0n) is 18.1. The van der Waals surface area contributed by atoms with Crippen LogP contribution in [0.3, 0.4) is 0 Å². The van der Waals surface area contributed by atoms with Crippen molar-refractivity contribution in [2.45, 2.75) is 38.8 Å². The third-order valence-corrected chi connectivity index (χ3v) is 5.62. The number of anilines is 1. The summed E-state index contributed by atoms with van der Waals surface area (Å²) in [6.07, 6.45) is -0.430. The highest BCUT2D eigenvalue weighted by atomic mass is 16.5. The molecule has 2 aromatic rings. The molecule has 2 aliphatic rings. The van der Waals surface area contributed by atoms with E-state index >= 15 is 0 Å². The summed E-state index contributed by atoms with van der Waals surface area (Å²) in [6, 6.07) is 18.7. The average molecular weight is 429 g/mol. The number of esters is 1. The van der Waals surface area contributed by atoms with E-state index in [0.717, 1.165) is 5.56 Å². The number of para-hydroxylation sites is 1. The van der Waals surface area contributed by atoms with Crippen LogP contribution in [0.2, 0.25) is 0 Å². The van der Waals surface area contributed by atoms with Crippen molar-refractivity contribution in [2.24, 2.45) is 5.73 Å². The van der Waals surface area contributed by atoms with Crippen LogP contribution < -0.4 is 10.6 Å². The molecule has 0 radical (unpaired) electrons. The van der Waals surface area contributed by atoms with E-state index in [1.807, 2.05) is 42.5 Å². The molecule has 2 heterocycles. The van der Waals surface area contributed by atoms with Crippen molar-refractivity contribution in [3.05, 3.63) is 88.5 Å². The van der Waals surface area contributed by atoms with Crippen molar-refractivity contribution in [1.29, 1.82) is 5.26 Å². The Bertz CT molecular complexity index is 1210. The fraction of sp³-hybridized carbons (Fsp3) is 0.240. The summed E-state index contributed by atoms with van der Waals surface area (Å²) in [5.41, 5.74) is 6.22. The van der Waals surface area contributed by atoms with Gasteiger partial charge in [0.15, 0.2) is 5.41 Å². The molecule has 0 unspecified atom stereocenters. The Hall–Kier alpha value is -4.05. The van der Waals surface area contributed by atoms with E-state index < -0.39 is 23.4 Å². The summed E-state index contributed by atoms with van der Waals surface area (Å²) in [7, 11) is 0. The Morgan fingerprint density at radius 2 is 1.84 bits per heavy atom. The van der Waals surface area contributed by atoms with Crippen LogP contribution in [0.5, 0.6) is 0 Å². The maximum Gasteiger partial charge on any atom is 0.339 e. The number of hydrogen-bond acceptors (Lipinski definition) is 6. The number of hydrogen-bond donors (Lipinski definition) is 1. The molecule has 1 amide bonds. The zero-order chi connectivity index (χ0) is 23.0. The summed E-state index contributed by atoms with van der Waals surface area (Å²) in [5.74, 6) is -1.23. The van der Waals surface area contributed by atoms with Crippen LogP contribution >= 0.6 is 0 Å². The predicted molar refractivity (Wildman–Crippen MR) is 118 cm³/mol. The van der Waals surface area contributed by atoms with Crippen molar-refractivity contribution in [3.8, 4) is 6.07 Å². The molecule has 7 nitrogen and oxygen atoms in total. The number of rotatable bonds is 4. The second-order valence-corrected chi connectivity index (χ2v) is 7.98. The quantitative estimate of drug-likeness (QED) is 0.747. The standard InChI is InChI=1S/C25H23N3O4/c1-15(2)31-23(29)21-16(3)32-22(27)19(13-26)25(21)18-11-7-8-12-20(18)28(24(25)30)14-17-9-5-4-6-10-17/h4-12,15H,14,27H2,1-3H3/t25-/m0/s1. The van der Waals surface area contributed by atoms with Gasteiger partial charge in [-0.25, -0.2) is 4.79 Å². The highest BCUT2D eigenvalue weighted by molar-refractivity contribution is 6.18. The van der Waals surface area contributed by atoms with Crippen molar-refractivity contribution in [3.63, 3.8) is 0 Å². The average Bonchev–Trinajstić information content (AvgIpc) is 2.98. The molecule has 1 spiro atoms. The molecule has 7 heteroatoms. The minimum Gasteiger partial charge on any atom is -0.459 e. The molecule has 0 aromatic heterocycles. The lowest BCUT2D eigenvalue weighted by Gasteiger charge is -2.35. The van der Waals surface area contributed by atoms with Gasteiger partial charge in [-0.1, -0.05) is 48.5 Å².